The first kappa shape index (κ1) is 20.0. The van der Waals surface area contributed by atoms with Crippen LogP contribution >= 0.6 is 11.3 Å². The summed E-state index contributed by atoms with van der Waals surface area (Å²) in [5.41, 5.74) is 3.08. The quantitative estimate of drug-likeness (QED) is 0.619. The number of benzene rings is 2. The molecule has 0 bridgehead atoms. The summed E-state index contributed by atoms with van der Waals surface area (Å²) < 4.78 is 10.8. The number of thiophene rings is 1. The Hall–Kier alpha value is -3.32. The highest BCUT2D eigenvalue weighted by molar-refractivity contribution is 7.08. The van der Waals surface area contributed by atoms with Gasteiger partial charge >= 0.3 is 0 Å². The van der Waals surface area contributed by atoms with Crippen molar-refractivity contribution in [3.05, 3.63) is 70.4 Å². The van der Waals surface area contributed by atoms with Crippen molar-refractivity contribution in [2.24, 2.45) is 0 Å². The number of carbonyl (C=O) groups is 2. The second kappa shape index (κ2) is 8.20. The predicted molar refractivity (Wildman–Crippen MR) is 118 cm³/mol. The molecule has 1 aliphatic heterocycles. The maximum atomic E-state index is 13.7. The van der Waals surface area contributed by atoms with E-state index in [9.17, 15) is 9.59 Å². The Kier molecular flexibility index (Phi) is 5.46. The molecule has 0 N–H and O–H groups in total. The SMILES string of the molecule is COc1ccc(OC)c(N2CC(=O)N(c3ccc(C)cc3)[C@@H](c3ccsc3)C2=O)c1. The van der Waals surface area contributed by atoms with Crippen LogP contribution in [0.5, 0.6) is 11.5 Å². The van der Waals surface area contributed by atoms with Gasteiger partial charge in [0.15, 0.2) is 0 Å². The van der Waals surface area contributed by atoms with Gasteiger partial charge in [-0.3, -0.25) is 19.4 Å². The zero-order chi connectivity index (χ0) is 21.3. The lowest BCUT2D eigenvalue weighted by molar-refractivity contribution is -0.128. The lowest BCUT2D eigenvalue weighted by Gasteiger charge is -2.40. The zero-order valence-corrected chi connectivity index (χ0v) is 17.8. The maximum absolute atomic E-state index is 13.7. The van der Waals surface area contributed by atoms with E-state index in [1.807, 2.05) is 48.0 Å². The fourth-order valence-corrected chi connectivity index (χ4v) is 4.30. The molecule has 6 nitrogen and oxygen atoms in total. The summed E-state index contributed by atoms with van der Waals surface area (Å²) in [4.78, 5) is 30.1. The van der Waals surface area contributed by atoms with Crippen LogP contribution in [0, 0.1) is 6.92 Å². The van der Waals surface area contributed by atoms with Crippen LogP contribution in [-0.4, -0.2) is 32.6 Å². The van der Waals surface area contributed by atoms with E-state index < -0.39 is 6.04 Å². The molecule has 0 radical (unpaired) electrons. The fourth-order valence-electron chi connectivity index (χ4n) is 3.62. The van der Waals surface area contributed by atoms with Crippen LogP contribution < -0.4 is 19.3 Å². The van der Waals surface area contributed by atoms with Gasteiger partial charge in [-0.2, -0.15) is 11.3 Å². The molecular formula is C23H22N2O4S. The first-order valence-electron chi connectivity index (χ1n) is 9.47. The van der Waals surface area contributed by atoms with Crippen molar-refractivity contribution < 1.29 is 19.1 Å². The highest BCUT2D eigenvalue weighted by atomic mass is 32.1. The number of hydrogen-bond acceptors (Lipinski definition) is 5. The van der Waals surface area contributed by atoms with E-state index in [1.165, 1.54) is 23.3 Å². The molecule has 7 heteroatoms. The molecule has 30 heavy (non-hydrogen) atoms. The van der Waals surface area contributed by atoms with E-state index >= 15 is 0 Å². The van der Waals surface area contributed by atoms with Crippen molar-refractivity contribution in [2.45, 2.75) is 13.0 Å². The molecule has 2 amide bonds. The smallest absolute Gasteiger partial charge is 0.255 e. The second-order valence-electron chi connectivity index (χ2n) is 7.02. The Balaban J connectivity index is 1.81. The molecule has 3 aromatic rings. The average Bonchev–Trinajstić information content (AvgIpc) is 3.29. The molecule has 2 heterocycles. The van der Waals surface area contributed by atoms with Crippen LogP contribution in [0.2, 0.25) is 0 Å². The molecule has 0 spiro atoms. The molecule has 1 fully saturated rings. The van der Waals surface area contributed by atoms with E-state index in [-0.39, 0.29) is 18.4 Å². The fraction of sp³-hybridized carbons (Fsp3) is 0.217. The van der Waals surface area contributed by atoms with E-state index in [1.54, 1.807) is 30.2 Å². The number of nitrogens with zero attached hydrogens (tertiary/aromatic N) is 2. The average molecular weight is 423 g/mol. The van der Waals surface area contributed by atoms with Crippen LogP contribution in [0.15, 0.2) is 59.3 Å². The number of aryl methyl sites for hydroxylation is 1. The number of ether oxygens (including phenoxy) is 2. The van der Waals surface area contributed by atoms with E-state index in [0.29, 0.717) is 22.9 Å². The normalized spacial score (nSPS) is 16.7. The molecule has 1 atom stereocenters. The lowest BCUT2D eigenvalue weighted by atomic mass is 10.0. The van der Waals surface area contributed by atoms with Crippen LogP contribution in [-0.2, 0) is 9.59 Å². The zero-order valence-electron chi connectivity index (χ0n) is 17.0. The molecule has 0 aliphatic carbocycles. The van der Waals surface area contributed by atoms with Gasteiger partial charge < -0.3 is 9.47 Å². The number of amides is 2. The molecule has 1 aliphatic rings. The summed E-state index contributed by atoms with van der Waals surface area (Å²) >= 11 is 1.49. The van der Waals surface area contributed by atoms with Crippen molar-refractivity contribution in [3.8, 4) is 11.5 Å². The van der Waals surface area contributed by atoms with Gasteiger partial charge in [0.25, 0.3) is 5.91 Å². The number of hydrogen-bond donors (Lipinski definition) is 0. The summed E-state index contributed by atoms with van der Waals surface area (Å²) in [6, 6.07) is 14.0. The second-order valence-corrected chi connectivity index (χ2v) is 7.80. The first-order chi connectivity index (χ1) is 14.5. The van der Waals surface area contributed by atoms with Gasteiger partial charge in [0.05, 0.1) is 19.9 Å². The van der Waals surface area contributed by atoms with Gasteiger partial charge in [0.2, 0.25) is 5.91 Å². The maximum Gasteiger partial charge on any atom is 0.255 e. The highest BCUT2D eigenvalue weighted by Crippen LogP contribution is 2.39. The van der Waals surface area contributed by atoms with E-state index in [2.05, 4.69) is 0 Å². The number of rotatable bonds is 5. The van der Waals surface area contributed by atoms with Crippen LogP contribution in [0.25, 0.3) is 0 Å². The largest absolute Gasteiger partial charge is 0.497 e. The molecule has 2 aromatic carbocycles. The van der Waals surface area contributed by atoms with Gasteiger partial charge in [0.1, 0.15) is 24.1 Å². The predicted octanol–water partition coefficient (Wildman–Crippen LogP) is 4.19. The Morgan fingerprint density at radius 1 is 1.00 bits per heavy atom. The number of piperazine rings is 1. The van der Waals surface area contributed by atoms with Gasteiger partial charge in [0, 0.05) is 11.8 Å². The molecular weight excluding hydrogens is 400 g/mol. The van der Waals surface area contributed by atoms with Crippen LogP contribution in [0.3, 0.4) is 0 Å². The van der Waals surface area contributed by atoms with E-state index in [4.69, 9.17) is 9.47 Å². The molecule has 1 aromatic heterocycles. The minimum Gasteiger partial charge on any atom is -0.497 e. The van der Waals surface area contributed by atoms with Gasteiger partial charge in [-0.05, 0) is 53.6 Å². The highest BCUT2D eigenvalue weighted by Gasteiger charge is 2.42. The summed E-state index contributed by atoms with van der Waals surface area (Å²) in [6.45, 7) is 1.90. The third kappa shape index (κ3) is 3.52. The topological polar surface area (TPSA) is 59.1 Å². The summed E-state index contributed by atoms with van der Waals surface area (Å²) in [6.07, 6.45) is 0. The number of carbonyl (C=O) groups excluding carboxylic acids is 2. The molecule has 0 saturated carbocycles. The van der Waals surface area contributed by atoms with Crippen LogP contribution in [0.1, 0.15) is 17.2 Å². The molecule has 154 valence electrons. The number of anilines is 2. The van der Waals surface area contributed by atoms with Gasteiger partial charge in [-0.15, -0.1) is 0 Å². The minimum atomic E-state index is -0.754. The Bertz CT molecular complexity index is 1060. The van der Waals surface area contributed by atoms with Crippen molar-refractivity contribution >= 4 is 34.5 Å². The standard InChI is InChI=1S/C23H22N2O4S/c1-15-4-6-17(7-5-15)25-21(26)13-24(23(27)22(25)16-10-11-30-14-16)19-12-18(28-2)8-9-20(19)29-3/h4-12,14,22H,13H2,1-3H3/t22-/m0/s1. The number of methoxy groups -OCH3 is 2. The monoisotopic (exact) mass is 422 g/mol. The minimum absolute atomic E-state index is 0.0864. The molecule has 1 saturated heterocycles. The summed E-state index contributed by atoms with van der Waals surface area (Å²) in [5, 5.41) is 3.81. The van der Waals surface area contributed by atoms with E-state index in [0.717, 1.165) is 11.1 Å². The third-order valence-electron chi connectivity index (χ3n) is 5.17. The molecule has 0 unspecified atom stereocenters. The molecule has 4 rings (SSSR count). The van der Waals surface area contributed by atoms with Crippen molar-refractivity contribution in [1.29, 1.82) is 0 Å². The van der Waals surface area contributed by atoms with Crippen molar-refractivity contribution in [2.75, 3.05) is 30.6 Å². The Morgan fingerprint density at radius 2 is 1.77 bits per heavy atom. The van der Waals surface area contributed by atoms with Crippen LogP contribution in [0.4, 0.5) is 11.4 Å². The first-order valence-corrected chi connectivity index (χ1v) is 10.4. The van der Waals surface area contributed by atoms with Gasteiger partial charge in [-0.1, -0.05) is 17.7 Å². The summed E-state index contributed by atoms with van der Waals surface area (Å²) in [7, 11) is 3.10. The van der Waals surface area contributed by atoms with Crippen molar-refractivity contribution in [1.82, 2.24) is 0 Å². The summed E-state index contributed by atoms with van der Waals surface area (Å²) in [5.74, 6) is 0.726. The third-order valence-corrected chi connectivity index (χ3v) is 5.87. The Morgan fingerprint density at radius 3 is 2.40 bits per heavy atom. The van der Waals surface area contributed by atoms with Gasteiger partial charge in [-0.25, -0.2) is 0 Å². The lowest BCUT2D eigenvalue weighted by Crippen LogP contribution is -2.56. The Labute approximate surface area is 179 Å². The van der Waals surface area contributed by atoms with Crippen molar-refractivity contribution in [3.63, 3.8) is 0 Å².